The second kappa shape index (κ2) is 6.68. The van der Waals surface area contributed by atoms with Gasteiger partial charge in [0, 0.05) is 6.54 Å². The second-order valence-corrected chi connectivity index (χ2v) is 5.04. The molecule has 1 aromatic rings. The van der Waals surface area contributed by atoms with Crippen molar-refractivity contribution in [1.82, 2.24) is 5.32 Å². The summed E-state index contributed by atoms with van der Waals surface area (Å²) in [4.78, 5) is 11.8. The molecule has 1 aromatic carbocycles. The zero-order valence-corrected chi connectivity index (χ0v) is 11.5. The highest BCUT2D eigenvalue weighted by molar-refractivity contribution is 14.1. The van der Waals surface area contributed by atoms with Crippen LogP contribution in [0.3, 0.4) is 0 Å². The number of rotatable bonds is 5. The van der Waals surface area contributed by atoms with Crippen LogP contribution in [-0.4, -0.2) is 9.83 Å². The topological polar surface area (TPSA) is 29.1 Å². The number of hydrogen-bond acceptors (Lipinski definition) is 1. The van der Waals surface area contributed by atoms with E-state index in [1.165, 1.54) is 0 Å². The van der Waals surface area contributed by atoms with E-state index >= 15 is 0 Å². The molecule has 0 aliphatic heterocycles. The summed E-state index contributed by atoms with van der Waals surface area (Å²) in [6.45, 7) is 6.28. The average molecular weight is 329 g/mol. The first-order valence-electron chi connectivity index (χ1n) is 5.23. The van der Waals surface area contributed by atoms with Crippen LogP contribution in [0.1, 0.15) is 12.5 Å². The van der Waals surface area contributed by atoms with Crippen LogP contribution >= 0.6 is 22.6 Å². The van der Waals surface area contributed by atoms with Gasteiger partial charge in [-0.15, -0.1) is 6.58 Å². The van der Waals surface area contributed by atoms with E-state index in [0.717, 1.165) is 5.56 Å². The van der Waals surface area contributed by atoms with E-state index in [1.54, 1.807) is 6.08 Å². The Morgan fingerprint density at radius 3 is 2.69 bits per heavy atom. The number of allylic oxidation sites excluding steroid dienone is 1. The molecule has 0 fully saturated rings. The number of carbonyl (C=O) groups excluding carboxylic acids is 1. The maximum absolute atomic E-state index is 11.8. The molecular formula is C13H16INO. The molecule has 2 atom stereocenters. The summed E-state index contributed by atoms with van der Waals surface area (Å²) >= 11 is 2.15. The number of carbonyl (C=O) groups is 1. The highest BCUT2D eigenvalue weighted by atomic mass is 127. The van der Waals surface area contributed by atoms with Gasteiger partial charge in [0.25, 0.3) is 0 Å². The van der Waals surface area contributed by atoms with Crippen molar-refractivity contribution in [3.63, 3.8) is 0 Å². The largest absolute Gasteiger partial charge is 0.351 e. The SMILES string of the molecule is C=CC(C)C(I)C(=O)NCc1ccccc1. The molecule has 16 heavy (non-hydrogen) atoms. The number of hydrogen-bond donors (Lipinski definition) is 1. The van der Waals surface area contributed by atoms with Crippen molar-refractivity contribution in [3.8, 4) is 0 Å². The van der Waals surface area contributed by atoms with Crippen molar-refractivity contribution in [3.05, 3.63) is 48.6 Å². The van der Waals surface area contributed by atoms with Crippen molar-refractivity contribution in [1.29, 1.82) is 0 Å². The summed E-state index contributed by atoms with van der Waals surface area (Å²) in [5, 5.41) is 2.92. The molecule has 0 aliphatic carbocycles. The fourth-order valence-electron chi connectivity index (χ4n) is 1.24. The van der Waals surface area contributed by atoms with E-state index in [9.17, 15) is 4.79 Å². The Labute approximate surface area is 110 Å². The lowest BCUT2D eigenvalue weighted by Crippen LogP contribution is -2.33. The fraction of sp³-hybridized carbons (Fsp3) is 0.308. The molecule has 3 heteroatoms. The molecule has 0 spiro atoms. The Hall–Kier alpha value is -0.840. The molecule has 1 amide bonds. The summed E-state index contributed by atoms with van der Waals surface area (Å²) in [6, 6.07) is 9.90. The lowest BCUT2D eigenvalue weighted by molar-refractivity contribution is -0.120. The van der Waals surface area contributed by atoms with Gasteiger partial charge in [-0.25, -0.2) is 0 Å². The molecule has 0 aromatic heterocycles. The quantitative estimate of drug-likeness (QED) is 0.502. The van der Waals surface area contributed by atoms with Gasteiger partial charge in [0.2, 0.25) is 5.91 Å². The predicted molar refractivity (Wildman–Crippen MR) is 75.5 cm³/mol. The second-order valence-electron chi connectivity index (χ2n) is 3.70. The Bertz CT molecular complexity index is 350. The number of amides is 1. The molecule has 0 saturated carbocycles. The van der Waals surface area contributed by atoms with Gasteiger partial charge in [0.05, 0.1) is 3.92 Å². The Kier molecular flexibility index (Phi) is 5.52. The van der Waals surface area contributed by atoms with E-state index in [2.05, 4.69) is 34.5 Å². The molecular weight excluding hydrogens is 313 g/mol. The average Bonchev–Trinajstić information content (AvgIpc) is 2.35. The fourth-order valence-corrected chi connectivity index (χ4v) is 1.75. The maximum atomic E-state index is 11.8. The summed E-state index contributed by atoms with van der Waals surface area (Å²) < 4.78 is -0.0567. The van der Waals surface area contributed by atoms with Crippen LogP contribution in [-0.2, 0) is 11.3 Å². The number of benzene rings is 1. The minimum absolute atomic E-state index is 0.0567. The smallest absolute Gasteiger partial charge is 0.233 e. The zero-order chi connectivity index (χ0) is 12.0. The van der Waals surface area contributed by atoms with Crippen molar-refractivity contribution in [2.45, 2.75) is 17.4 Å². The molecule has 0 heterocycles. The predicted octanol–water partition coefficient (Wildman–Crippen LogP) is 2.93. The lowest BCUT2D eigenvalue weighted by atomic mass is 10.1. The molecule has 1 rings (SSSR count). The monoisotopic (exact) mass is 329 g/mol. The highest BCUT2D eigenvalue weighted by Gasteiger charge is 2.18. The third-order valence-corrected chi connectivity index (χ3v) is 4.09. The van der Waals surface area contributed by atoms with Crippen molar-refractivity contribution >= 4 is 28.5 Å². The van der Waals surface area contributed by atoms with Gasteiger partial charge in [-0.1, -0.05) is 65.9 Å². The molecule has 86 valence electrons. The van der Waals surface area contributed by atoms with Crippen LogP contribution in [0.2, 0.25) is 0 Å². The minimum Gasteiger partial charge on any atom is -0.351 e. The molecule has 1 N–H and O–H groups in total. The van der Waals surface area contributed by atoms with Gasteiger partial charge >= 0.3 is 0 Å². The van der Waals surface area contributed by atoms with E-state index in [0.29, 0.717) is 6.54 Å². The van der Waals surface area contributed by atoms with Crippen LogP contribution in [0.25, 0.3) is 0 Å². The first-order chi connectivity index (χ1) is 7.65. The molecule has 0 bridgehead atoms. The molecule has 0 aliphatic rings. The van der Waals surface area contributed by atoms with Gasteiger partial charge in [-0.3, -0.25) is 4.79 Å². The molecule has 0 saturated heterocycles. The van der Waals surface area contributed by atoms with Gasteiger partial charge in [-0.05, 0) is 11.5 Å². The van der Waals surface area contributed by atoms with Crippen molar-refractivity contribution in [2.24, 2.45) is 5.92 Å². The molecule has 0 radical (unpaired) electrons. The lowest BCUT2D eigenvalue weighted by Gasteiger charge is -2.14. The van der Waals surface area contributed by atoms with Crippen molar-refractivity contribution in [2.75, 3.05) is 0 Å². The Balaban J connectivity index is 2.44. The van der Waals surface area contributed by atoms with E-state index in [1.807, 2.05) is 37.3 Å². The molecule has 2 nitrogen and oxygen atoms in total. The van der Waals surface area contributed by atoms with Gasteiger partial charge in [0.1, 0.15) is 0 Å². The van der Waals surface area contributed by atoms with Gasteiger partial charge in [-0.2, -0.15) is 0 Å². The third-order valence-electron chi connectivity index (χ3n) is 2.39. The Morgan fingerprint density at radius 2 is 2.12 bits per heavy atom. The van der Waals surface area contributed by atoms with Gasteiger partial charge in [0.15, 0.2) is 0 Å². The standard InChI is InChI=1S/C13H16INO/c1-3-10(2)12(14)13(16)15-9-11-7-5-4-6-8-11/h3-8,10,12H,1,9H2,2H3,(H,15,16). The minimum atomic E-state index is -0.0567. The molecule has 2 unspecified atom stereocenters. The normalized spacial score (nSPS) is 13.9. The van der Waals surface area contributed by atoms with E-state index < -0.39 is 0 Å². The van der Waals surface area contributed by atoms with Crippen LogP contribution in [0, 0.1) is 5.92 Å². The van der Waals surface area contributed by atoms with E-state index in [-0.39, 0.29) is 15.7 Å². The van der Waals surface area contributed by atoms with E-state index in [4.69, 9.17) is 0 Å². The number of nitrogens with one attached hydrogen (secondary N) is 1. The van der Waals surface area contributed by atoms with Crippen LogP contribution < -0.4 is 5.32 Å². The number of halogens is 1. The number of alkyl halides is 1. The van der Waals surface area contributed by atoms with Crippen LogP contribution in [0.5, 0.6) is 0 Å². The maximum Gasteiger partial charge on any atom is 0.233 e. The van der Waals surface area contributed by atoms with Crippen LogP contribution in [0.15, 0.2) is 43.0 Å². The summed E-state index contributed by atoms with van der Waals surface area (Å²) in [7, 11) is 0. The summed E-state index contributed by atoms with van der Waals surface area (Å²) in [5.41, 5.74) is 1.12. The zero-order valence-electron chi connectivity index (χ0n) is 9.32. The highest BCUT2D eigenvalue weighted by Crippen LogP contribution is 2.14. The summed E-state index contributed by atoms with van der Waals surface area (Å²) in [6.07, 6.45) is 1.80. The van der Waals surface area contributed by atoms with Crippen molar-refractivity contribution < 1.29 is 4.79 Å². The van der Waals surface area contributed by atoms with Crippen LogP contribution in [0.4, 0.5) is 0 Å². The summed E-state index contributed by atoms with van der Waals surface area (Å²) in [5.74, 6) is 0.258. The first kappa shape index (κ1) is 13.2. The first-order valence-corrected chi connectivity index (χ1v) is 6.48. The Morgan fingerprint density at radius 1 is 1.50 bits per heavy atom. The van der Waals surface area contributed by atoms with Gasteiger partial charge < -0.3 is 5.32 Å². The third kappa shape index (κ3) is 3.96.